The molecule has 0 N–H and O–H groups in total. The van der Waals surface area contributed by atoms with Crippen molar-refractivity contribution >= 4 is 17.5 Å². The minimum Gasteiger partial charge on any atom is -0.497 e. The third kappa shape index (κ3) is 3.61. The predicted octanol–water partition coefficient (Wildman–Crippen LogP) is 4.12. The number of hydrogen-bond acceptors (Lipinski definition) is 3. The standard InChI is InChI=1S/C16H15FO2S/c1-11-4-3-5-13(8-11)20-10-16(18)14-7-6-12(19-2)9-15(14)17/h3-9H,10H2,1-2H3. The summed E-state index contributed by atoms with van der Waals surface area (Å²) in [6, 6.07) is 12.2. The van der Waals surface area contributed by atoms with Gasteiger partial charge < -0.3 is 4.74 Å². The fourth-order valence-electron chi connectivity index (χ4n) is 1.78. The van der Waals surface area contributed by atoms with Crippen molar-refractivity contribution in [3.8, 4) is 5.75 Å². The summed E-state index contributed by atoms with van der Waals surface area (Å²) in [4.78, 5) is 13.0. The summed E-state index contributed by atoms with van der Waals surface area (Å²) in [5.74, 6) is -0.145. The van der Waals surface area contributed by atoms with Crippen LogP contribution in [0.2, 0.25) is 0 Å². The normalized spacial score (nSPS) is 10.3. The number of thioether (sulfide) groups is 1. The average molecular weight is 290 g/mol. The van der Waals surface area contributed by atoms with Crippen LogP contribution in [-0.2, 0) is 0 Å². The number of carbonyl (C=O) groups is 1. The van der Waals surface area contributed by atoms with Gasteiger partial charge in [-0.15, -0.1) is 11.8 Å². The summed E-state index contributed by atoms with van der Waals surface area (Å²) < 4.78 is 18.7. The van der Waals surface area contributed by atoms with Crippen molar-refractivity contribution < 1.29 is 13.9 Å². The van der Waals surface area contributed by atoms with E-state index in [2.05, 4.69) is 0 Å². The minimum absolute atomic E-state index is 0.103. The van der Waals surface area contributed by atoms with Gasteiger partial charge in [0.1, 0.15) is 11.6 Å². The molecule has 0 bridgehead atoms. The highest BCUT2D eigenvalue weighted by Gasteiger charge is 2.13. The molecule has 4 heteroatoms. The number of ether oxygens (including phenoxy) is 1. The SMILES string of the molecule is COc1ccc(C(=O)CSc2cccc(C)c2)c(F)c1. The molecule has 0 atom stereocenters. The summed E-state index contributed by atoms with van der Waals surface area (Å²) in [6.07, 6.45) is 0. The molecular formula is C16H15FO2S. The topological polar surface area (TPSA) is 26.3 Å². The number of aryl methyl sites for hydroxylation is 1. The van der Waals surface area contributed by atoms with Gasteiger partial charge in [0.05, 0.1) is 18.4 Å². The largest absolute Gasteiger partial charge is 0.497 e. The van der Waals surface area contributed by atoms with E-state index in [1.54, 1.807) is 6.07 Å². The quantitative estimate of drug-likeness (QED) is 0.612. The van der Waals surface area contributed by atoms with E-state index in [0.717, 1.165) is 10.5 Å². The Morgan fingerprint density at radius 1 is 1.25 bits per heavy atom. The Morgan fingerprint density at radius 2 is 2.05 bits per heavy atom. The fourth-order valence-corrected chi connectivity index (χ4v) is 2.68. The van der Waals surface area contributed by atoms with Crippen molar-refractivity contribution in [1.82, 2.24) is 0 Å². The van der Waals surface area contributed by atoms with Gasteiger partial charge in [0, 0.05) is 11.0 Å². The lowest BCUT2D eigenvalue weighted by Gasteiger charge is -2.05. The number of halogens is 1. The highest BCUT2D eigenvalue weighted by atomic mass is 32.2. The molecule has 0 spiro atoms. The van der Waals surface area contributed by atoms with E-state index in [0.29, 0.717) is 5.75 Å². The summed E-state index contributed by atoms with van der Waals surface area (Å²) in [6.45, 7) is 2.00. The number of ketones is 1. The number of hydrogen-bond donors (Lipinski definition) is 0. The molecular weight excluding hydrogens is 275 g/mol. The molecule has 20 heavy (non-hydrogen) atoms. The molecule has 0 fully saturated rings. The van der Waals surface area contributed by atoms with Crippen LogP contribution < -0.4 is 4.74 Å². The van der Waals surface area contributed by atoms with E-state index < -0.39 is 5.82 Å². The third-order valence-corrected chi connectivity index (χ3v) is 3.83. The molecule has 0 aliphatic rings. The molecule has 104 valence electrons. The predicted molar refractivity (Wildman–Crippen MR) is 79.2 cm³/mol. The van der Waals surface area contributed by atoms with Gasteiger partial charge in [0.2, 0.25) is 0 Å². The van der Waals surface area contributed by atoms with E-state index in [4.69, 9.17) is 4.74 Å². The van der Waals surface area contributed by atoms with Gasteiger partial charge in [-0.2, -0.15) is 0 Å². The van der Waals surface area contributed by atoms with Gasteiger partial charge in [-0.25, -0.2) is 4.39 Å². The van der Waals surface area contributed by atoms with Gasteiger partial charge in [-0.05, 0) is 31.2 Å². The average Bonchev–Trinajstić information content (AvgIpc) is 2.44. The van der Waals surface area contributed by atoms with Crippen LogP contribution >= 0.6 is 11.8 Å². The smallest absolute Gasteiger partial charge is 0.176 e. The first-order chi connectivity index (χ1) is 9.60. The first-order valence-corrected chi connectivity index (χ1v) is 7.15. The van der Waals surface area contributed by atoms with Crippen molar-refractivity contribution in [2.75, 3.05) is 12.9 Å². The molecule has 0 radical (unpaired) electrons. The zero-order valence-corrected chi connectivity index (χ0v) is 12.2. The molecule has 0 saturated heterocycles. The molecule has 0 aromatic heterocycles. The van der Waals surface area contributed by atoms with Crippen molar-refractivity contribution in [2.45, 2.75) is 11.8 Å². The molecule has 2 nitrogen and oxygen atoms in total. The monoisotopic (exact) mass is 290 g/mol. The Hall–Kier alpha value is -1.81. The van der Waals surface area contributed by atoms with Crippen LogP contribution in [-0.4, -0.2) is 18.6 Å². The Kier molecular flexibility index (Phi) is 4.79. The van der Waals surface area contributed by atoms with Gasteiger partial charge in [0.15, 0.2) is 5.78 Å². The van der Waals surface area contributed by atoms with Crippen molar-refractivity contribution in [3.63, 3.8) is 0 Å². The summed E-state index contributed by atoms with van der Waals surface area (Å²) in [5.41, 5.74) is 1.24. The van der Waals surface area contributed by atoms with E-state index in [-0.39, 0.29) is 17.1 Å². The van der Waals surface area contributed by atoms with Gasteiger partial charge in [0.25, 0.3) is 0 Å². The molecule has 0 amide bonds. The maximum atomic E-state index is 13.8. The molecule has 2 aromatic carbocycles. The molecule has 0 aliphatic carbocycles. The summed E-state index contributed by atoms with van der Waals surface area (Å²) in [5, 5.41) is 0. The van der Waals surface area contributed by atoms with Crippen LogP contribution in [0.3, 0.4) is 0 Å². The molecule has 0 heterocycles. The van der Waals surface area contributed by atoms with Crippen LogP contribution in [0.4, 0.5) is 4.39 Å². The Morgan fingerprint density at radius 3 is 2.70 bits per heavy atom. The first kappa shape index (κ1) is 14.6. The molecule has 0 aliphatic heterocycles. The lowest BCUT2D eigenvalue weighted by Crippen LogP contribution is -2.05. The van der Waals surface area contributed by atoms with Gasteiger partial charge in [-0.3, -0.25) is 4.79 Å². The van der Waals surface area contributed by atoms with E-state index in [9.17, 15) is 9.18 Å². The maximum Gasteiger partial charge on any atom is 0.176 e. The van der Waals surface area contributed by atoms with Crippen molar-refractivity contribution in [1.29, 1.82) is 0 Å². The molecule has 2 aromatic rings. The van der Waals surface area contributed by atoms with Gasteiger partial charge >= 0.3 is 0 Å². The highest BCUT2D eigenvalue weighted by Crippen LogP contribution is 2.22. The minimum atomic E-state index is -0.542. The number of methoxy groups -OCH3 is 1. The van der Waals surface area contributed by atoms with Crippen LogP contribution in [0.25, 0.3) is 0 Å². The second kappa shape index (κ2) is 6.57. The molecule has 2 rings (SSSR count). The van der Waals surface area contributed by atoms with E-state index in [1.165, 1.54) is 31.0 Å². The third-order valence-electron chi connectivity index (χ3n) is 2.84. The Balaban J connectivity index is 2.05. The summed E-state index contributed by atoms with van der Waals surface area (Å²) in [7, 11) is 1.46. The number of Topliss-reactive ketones (excluding diaryl/α,β-unsaturated/α-hetero) is 1. The number of rotatable bonds is 5. The summed E-state index contributed by atoms with van der Waals surface area (Å²) >= 11 is 1.41. The molecule has 0 unspecified atom stereocenters. The van der Waals surface area contributed by atoms with Crippen molar-refractivity contribution in [3.05, 3.63) is 59.4 Å². The van der Waals surface area contributed by atoms with Crippen LogP contribution in [0, 0.1) is 12.7 Å². The van der Waals surface area contributed by atoms with Crippen LogP contribution in [0.1, 0.15) is 15.9 Å². The number of benzene rings is 2. The Labute approximate surface area is 122 Å². The fraction of sp³-hybridized carbons (Fsp3) is 0.188. The van der Waals surface area contributed by atoms with E-state index >= 15 is 0 Å². The van der Waals surface area contributed by atoms with E-state index in [1.807, 2.05) is 31.2 Å². The lowest BCUT2D eigenvalue weighted by molar-refractivity contribution is 0.101. The molecule has 0 saturated carbocycles. The lowest BCUT2D eigenvalue weighted by atomic mass is 10.1. The zero-order valence-electron chi connectivity index (χ0n) is 11.4. The van der Waals surface area contributed by atoms with Gasteiger partial charge in [-0.1, -0.05) is 17.7 Å². The second-order valence-electron chi connectivity index (χ2n) is 4.37. The number of carbonyl (C=O) groups excluding carboxylic acids is 1. The van der Waals surface area contributed by atoms with Crippen LogP contribution in [0.5, 0.6) is 5.75 Å². The second-order valence-corrected chi connectivity index (χ2v) is 5.42. The zero-order chi connectivity index (χ0) is 14.5. The first-order valence-electron chi connectivity index (χ1n) is 6.16. The Bertz CT molecular complexity index is 626. The highest BCUT2D eigenvalue weighted by molar-refractivity contribution is 8.00. The van der Waals surface area contributed by atoms with Crippen molar-refractivity contribution in [2.24, 2.45) is 0 Å². The maximum absolute atomic E-state index is 13.8. The van der Waals surface area contributed by atoms with Crippen LogP contribution in [0.15, 0.2) is 47.4 Å².